The van der Waals surface area contributed by atoms with Crippen molar-refractivity contribution in [2.45, 2.75) is 40.9 Å². The van der Waals surface area contributed by atoms with Crippen molar-refractivity contribution >= 4 is 18.1 Å². The maximum Gasteiger partial charge on any atom is 0.480 e. The molecule has 0 bridgehead atoms. The molecule has 0 fully saturated rings. The predicted molar refractivity (Wildman–Crippen MR) is 114 cm³/mol. The maximum absolute atomic E-state index is 12.1. The average Bonchev–Trinajstić information content (AvgIpc) is 2.66. The van der Waals surface area contributed by atoms with Crippen LogP contribution in [0.3, 0.4) is 0 Å². The molecule has 3 aromatic rings. The summed E-state index contributed by atoms with van der Waals surface area (Å²) in [6.07, 6.45) is 0. The van der Waals surface area contributed by atoms with Crippen LogP contribution >= 0.6 is 18.1 Å². The molecule has 0 amide bonds. The second kappa shape index (κ2) is 7.86. The second-order valence-corrected chi connectivity index (χ2v) is 11.6. The van der Waals surface area contributed by atoms with E-state index < -0.39 is 18.1 Å². The highest BCUT2D eigenvalue weighted by Crippen LogP contribution is 2.74. The first-order valence-corrected chi connectivity index (χ1v) is 12.0. The zero-order chi connectivity index (χ0) is 20.4. The molecule has 0 saturated heterocycles. The third-order valence-electron chi connectivity index (χ3n) is 4.41. The van der Waals surface area contributed by atoms with E-state index in [4.69, 9.17) is 3.97 Å². The molecular weight excluding hydrogens is 391 g/mol. The van der Waals surface area contributed by atoms with Crippen molar-refractivity contribution in [1.29, 1.82) is 0 Å². The third kappa shape index (κ3) is 4.40. The Hall–Kier alpha value is -1.88. The van der Waals surface area contributed by atoms with Gasteiger partial charge in [-0.15, -0.1) is 0 Å². The fourth-order valence-corrected chi connectivity index (χ4v) is 7.67. The topological polar surface area (TPSA) is 66.8 Å². The highest BCUT2D eigenvalue weighted by molar-refractivity contribution is 8.31. The Bertz CT molecular complexity index is 921. The SMILES string of the molecule is CC(C)(C)c1ccc(S(OP(=O)(O)O)(c2ccccc2)c2ccccc2)cc1. The summed E-state index contributed by atoms with van der Waals surface area (Å²) in [6.45, 7) is 6.38. The van der Waals surface area contributed by atoms with Crippen molar-refractivity contribution in [2.75, 3.05) is 0 Å². The number of hydrogen-bond donors (Lipinski definition) is 2. The van der Waals surface area contributed by atoms with Gasteiger partial charge < -0.3 is 9.79 Å². The lowest BCUT2D eigenvalue weighted by Crippen LogP contribution is -2.12. The molecule has 0 aromatic heterocycles. The van der Waals surface area contributed by atoms with Crippen LogP contribution in [-0.4, -0.2) is 9.79 Å². The second-order valence-electron chi connectivity index (χ2n) is 7.52. The Morgan fingerprint density at radius 1 is 0.714 bits per heavy atom. The van der Waals surface area contributed by atoms with E-state index in [1.54, 1.807) is 0 Å². The molecule has 0 aliphatic heterocycles. The van der Waals surface area contributed by atoms with Crippen molar-refractivity contribution in [1.82, 2.24) is 0 Å². The normalized spacial score (nSPS) is 13.3. The van der Waals surface area contributed by atoms with Crippen molar-refractivity contribution in [3.8, 4) is 0 Å². The molecule has 0 aliphatic rings. The first-order valence-electron chi connectivity index (χ1n) is 8.94. The van der Waals surface area contributed by atoms with Gasteiger partial charge in [-0.2, -0.15) is 0 Å². The standard InChI is InChI=1S/C22H25O4PS/c1-22(2,3)18-14-16-21(17-15-18)28(26-27(23,24)25,19-10-6-4-7-11-19)20-12-8-5-9-13-20/h4-17H,1-3H3,(H2,23,24,25). The summed E-state index contributed by atoms with van der Waals surface area (Å²) in [5.41, 5.74) is 1.11. The summed E-state index contributed by atoms with van der Waals surface area (Å²) in [7, 11) is -7.41. The molecule has 2 N–H and O–H groups in total. The van der Waals surface area contributed by atoms with Gasteiger partial charge in [0.25, 0.3) is 0 Å². The number of rotatable bonds is 5. The fraction of sp³-hybridized carbons (Fsp3) is 0.182. The highest BCUT2D eigenvalue weighted by atomic mass is 32.3. The quantitative estimate of drug-likeness (QED) is 0.480. The Morgan fingerprint density at radius 3 is 1.46 bits per heavy atom. The minimum Gasteiger partial charge on any atom is -0.302 e. The molecule has 0 saturated carbocycles. The minimum absolute atomic E-state index is 0.0277. The fourth-order valence-electron chi connectivity index (χ4n) is 3.05. The first kappa shape index (κ1) is 20.8. The smallest absolute Gasteiger partial charge is 0.302 e. The summed E-state index contributed by atoms with van der Waals surface area (Å²) in [4.78, 5) is 21.9. The van der Waals surface area contributed by atoms with Crippen LogP contribution < -0.4 is 0 Å². The van der Waals surface area contributed by atoms with Gasteiger partial charge in [0.1, 0.15) is 0 Å². The highest BCUT2D eigenvalue weighted by Gasteiger charge is 2.38. The lowest BCUT2D eigenvalue weighted by atomic mass is 9.87. The molecule has 3 rings (SSSR count). The van der Waals surface area contributed by atoms with Crippen LogP contribution in [0.5, 0.6) is 0 Å². The molecule has 0 spiro atoms. The molecule has 6 heteroatoms. The van der Waals surface area contributed by atoms with E-state index in [0.29, 0.717) is 0 Å². The Labute approximate surface area is 168 Å². The molecule has 0 atom stereocenters. The van der Waals surface area contributed by atoms with Crippen LogP contribution in [0, 0.1) is 0 Å². The van der Waals surface area contributed by atoms with Crippen LogP contribution in [0.4, 0.5) is 0 Å². The summed E-state index contributed by atoms with van der Waals surface area (Å²) in [5.74, 6) is 0. The molecule has 148 valence electrons. The Balaban J connectivity index is 2.31. The molecule has 0 unspecified atom stereocenters. The van der Waals surface area contributed by atoms with E-state index in [0.717, 1.165) is 20.2 Å². The number of benzene rings is 3. The lowest BCUT2D eigenvalue weighted by Gasteiger charge is -2.40. The van der Waals surface area contributed by atoms with E-state index >= 15 is 0 Å². The monoisotopic (exact) mass is 416 g/mol. The van der Waals surface area contributed by atoms with Crippen LogP contribution in [-0.2, 0) is 14.0 Å². The Kier molecular flexibility index (Phi) is 5.85. The summed E-state index contributed by atoms with van der Waals surface area (Å²) < 4.78 is 17.7. The van der Waals surface area contributed by atoms with E-state index in [-0.39, 0.29) is 5.41 Å². The molecule has 0 radical (unpaired) electrons. The maximum atomic E-state index is 12.1. The molecule has 0 aliphatic carbocycles. The van der Waals surface area contributed by atoms with Gasteiger partial charge in [-0.1, -0.05) is 69.3 Å². The molecule has 0 heterocycles. The number of hydrogen-bond acceptors (Lipinski definition) is 2. The summed E-state index contributed by atoms with van der Waals surface area (Å²) >= 11 is 0. The van der Waals surface area contributed by atoms with Gasteiger partial charge >= 0.3 is 7.82 Å². The van der Waals surface area contributed by atoms with Gasteiger partial charge in [-0.25, -0.2) is 8.54 Å². The van der Waals surface area contributed by atoms with Gasteiger partial charge in [0.15, 0.2) is 0 Å². The largest absolute Gasteiger partial charge is 0.480 e. The van der Waals surface area contributed by atoms with Crippen molar-refractivity contribution < 1.29 is 18.3 Å². The van der Waals surface area contributed by atoms with Crippen LogP contribution in [0.15, 0.2) is 99.6 Å². The van der Waals surface area contributed by atoms with Crippen LogP contribution in [0.25, 0.3) is 0 Å². The molecular formula is C22H25O4PS. The van der Waals surface area contributed by atoms with E-state index in [1.165, 1.54) is 0 Å². The number of phosphoric acid groups is 1. The minimum atomic E-state index is -4.79. The van der Waals surface area contributed by atoms with Gasteiger partial charge in [0.05, 0.1) is 0 Å². The Morgan fingerprint density at radius 2 is 1.11 bits per heavy atom. The average molecular weight is 416 g/mol. The molecule has 4 nitrogen and oxygen atoms in total. The van der Waals surface area contributed by atoms with E-state index in [9.17, 15) is 14.4 Å². The zero-order valence-corrected chi connectivity index (χ0v) is 17.9. The zero-order valence-electron chi connectivity index (χ0n) is 16.1. The lowest BCUT2D eigenvalue weighted by molar-refractivity contribution is 0.294. The van der Waals surface area contributed by atoms with E-state index in [2.05, 4.69) is 20.8 Å². The predicted octanol–water partition coefficient (Wildman–Crippen LogP) is 6.29. The van der Waals surface area contributed by atoms with Gasteiger partial charge in [-0.3, -0.25) is 0 Å². The van der Waals surface area contributed by atoms with Crippen LogP contribution in [0.1, 0.15) is 26.3 Å². The summed E-state index contributed by atoms with van der Waals surface area (Å²) in [6, 6.07) is 26.4. The molecule has 28 heavy (non-hydrogen) atoms. The van der Waals surface area contributed by atoms with E-state index in [1.807, 2.05) is 84.9 Å². The van der Waals surface area contributed by atoms with Crippen molar-refractivity contribution in [3.05, 3.63) is 90.5 Å². The van der Waals surface area contributed by atoms with Crippen molar-refractivity contribution in [2.24, 2.45) is 0 Å². The molecule has 3 aromatic carbocycles. The van der Waals surface area contributed by atoms with Gasteiger partial charge in [0, 0.05) is 14.7 Å². The summed E-state index contributed by atoms with van der Waals surface area (Å²) in [5, 5.41) is 0. The van der Waals surface area contributed by atoms with Gasteiger partial charge in [0.2, 0.25) is 0 Å². The van der Waals surface area contributed by atoms with Gasteiger partial charge in [-0.05, 0) is 57.7 Å². The first-order chi connectivity index (χ1) is 13.1. The third-order valence-corrected chi connectivity index (χ3v) is 8.89. The van der Waals surface area contributed by atoms with Crippen molar-refractivity contribution in [3.63, 3.8) is 0 Å². The van der Waals surface area contributed by atoms with Crippen LogP contribution in [0.2, 0.25) is 0 Å².